The number of phosphoric acid groups is 2. The Balaban J connectivity index is 5.29. The molecular formula is C79H154O17P2. The molecule has 0 aliphatic carbocycles. The number of esters is 4. The first-order valence-corrected chi connectivity index (χ1v) is 43.8. The second-order valence-electron chi connectivity index (χ2n) is 29.9. The highest BCUT2D eigenvalue weighted by Crippen LogP contribution is 2.45. The van der Waals surface area contributed by atoms with E-state index in [-0.39, 0.29) is 25.7 Å². The number of carbonyl (C=O) groups is 4. The van der Waals surface area contributed by atoms with Crippen molar-refractivity contribution in [1.29, 1.82) is 0 Å². The van der Waals surface area contributed by atoms with Crippen LogP contribution < -0.4 is 0 Å². The Kier molecular flexibility index (Phi) is 66.8. The fraction of sp³-hybridized carbons (Fsp3) is 0.949. The highest BCUT2D eigenvalue weighted by molar-refractivity contribution is 7.47. The monoisotopic (exact) mass is 1440 g/mol. The standard InChI is InChI=1S/C79H154O17P2/c1-9-71(7)57-49-41-33-25-18-21-28-36-44-52-60-77(82)90-65-74(95-78(83)61-53-45-37-29-16-14-12-11-13-15-23-31-39-47-55-69(3)4)67-93-97(85,86)91-63-73(80)64-92-98(87,88)94-68-75(66-89-76(81)59-51-43-35-27-20-17-24-32-40-48-56-70(5)6)96-79(84)62-54-46-38-30-22-19-26-34-42-50-58-72(8)10-2/h69-75,80H,9-68H2,1-8H3,(H,85,86)(H,87,88)/t71?,72?,73-,74-,75-/m1/s1. The van der Waals surface area contributed by atoms with E-state index in [1.165, 1.54) is 205 Å². The van der Waals surface area contributed by atoms with Gasteiger partial charge < -0.3 is 33.8 Å². The molecule has 3 N–H and O–H groups in total. The van der Waals surface area contributed by atoms with Gasteiger partial charge in [0.2, 0.25) is 0 Å². The van der Waals surface area contributed by atoms with Crippen LogP contribution in [0.15, 0.2) is 0 Å². The van der Waals surface area contributed by atoms with Crippen LogP contribution in [-0.4, -0.2) is 96.7 Å². The normalized spacial score (nSPS) is 14.6. The predicted molar refractivity (Wildman–Crippen MR) is 400 cm³/mol. The average Bonchev–Trinajstić information content (AvgIpc) is 1.24. The fourth-order valence-corrected chi connectivity index (χ4v) is 13.6. The third kappa shape index (κ3) is 69.8. The molecule has 0 aromatic carbocycles. The topological polar surface area (TPSA) is 237 Å². The Morgan fingerprint density at radius 2 is 0.490 bits per heavy atom. The van der Waals surface area contributed by atoms with Crippen LogP contribution in [0.1, 0.15) is 402 Å². The highest BCUT2D eigenvalue weighted by Gasteiger charge is 2.30. The van der Waals surface area contributed by atoms with Crippen LogP contribution in [0.2, 0.25) is 0 Å². The number of aliphatic hydroxyl groups excluding tert-OH is 1. The van der Waals surface area contributed by atoms with Crippen molar-refractivity contribution in [1.82, 2.24) is 0 Å². The molecule has 0 aromatic heterocycles. The quantitative estimate of drug-likeness (QED) is 0.0222. The maximum absolute atomic E-state index is 13.1. The van der Waals surface area contributed by atoms with E-state index in [0.717, 1.165) is 114 Å². The van der Waals surface area contributed by atoms with Gasteiger partial charge in [-0.15, -0.1) is 0 Å². The SMILES string of the molecule is CCC(C)CCCCCCCCCCCCC(=O)OC[C@H](COP(=O)(O)OC[C@@H](O)COP(=O)(O)OC[C@@H](COC(=O)CCCCCCCCCCCCC(C)C)OC(=O)CCCCCCCCCCCCC(C)CC)OC(=O)CCCCCCCCCCCCCCCCC(C)C. The lowest BCUT2D eigenvalue weighted by Gasteiger charge is -2.21. The van der Waals surface area contributed by atoms with Crippen LogP contribution in [0.25, 0.3) is 0 Å². The van der Waals surface area contributed by atoms with Crippen LogP contribution in [-0.2, 0) is 65.4 Å². The maximum Gasteiger partial charge on any atom is 0.472 e. The van der Waals surface area contributed by atoms with E-state index >= 15 is 0 Å². The molecule has 4 unspecified atom stereocenters. The molecule has 0 rings (SSSR count). The van der Waals surface area contributed by atoms with Crippen molar-refractivity contribution in [2.24, 2.45) is 23.7 Å². The zero-order chi connectivity index (χ0) is 72.4. The predicted octanol–water partition coefficient (Wildman–Crippen LogP) is 23.2. The number of hydrogen-bond donors (Lipinski definition) is 3. The van der Waals surface area contributed by atoms with Crippen molar-refractivity contribution in [2.45, 2.75) is 420 Å². The van der Waals surface area contributed by atoms with E-state index in [1.807, 2.05) is 0 Å². The van der Waals surface area contributed by atoms with Crippen LogP contribution in [0.4, 0.5) is 0 Å². The van der Waals surface area contributed by atoms with Crippen molar-refractivity contribution < 1.29 is 80.2 Å². The second-order valence-corrected chi connectivity index (χ2v) is 32.8. The molecule has 0 radical (unpaired) electrons. The van der Waals surface area contributed by atoms with Crippen LogP contribution in [0.5, 0.6) is 0 Å². The minimum Gasteiger partial charge on any atom is -0.462 e. The van der Waals surface area contributed by atoms with E-state index in [4.69, 9.17) is 37.0 Å². The number of carbonyl (C=O) groups excluding carboxylic acids is 4. The molecule has 0 aliphatic rings. The van der Waals surface area contributed by atoms with Crippen molar-refractivity contribution in [3.05, 3.63) is 0 Å². The van der Waals surface area contributed by atoms with Crippen LogP contribution in [0.3, 0.4) is 0 Å². The zero-order valence-electron chi connectivity index (χ0n) is 64.4. The molecule has 98 heavy (non-hydrogen) atoms. The van der Waals surface area contributed by atoms with Crippen molar-refractivity contribution in [3.8, 4) is 0 Å². The lowest BCUT2D eigenvalue weighted by molar-refractivity contribution is -0.161. The molecule has 0 heterocycles. The Hall–Kier alpha value is -1.94. The molecule has 582 valence electrons. The molecule has 0 spiro atoms. The number of rotatable bonds is 76. The lowest BCUT2D eigenvalue weighted by Crippen LogP contribution is -2.30. The molecule has 0 fully saturated rings. The first-order chi connectivity index (χ1) is 47.2. The summed E-state index contributed by atoms with van der Waals surface area (Å²) in [6, 6.07) is 0. The summed E-state index contributed by atoms with van der Waals surface area (Å²) >= 11 is 0. The summed E-state index contributed by atoms with van der Waals surface area (Å²) in [6.07, 6.45) is 53.8. The molecule has 7 atom stereocenters. The lowest BCUT2D eigenvalue weighted by atomic mass is 9.99. The molecule has 17 nitrogen and oxygen atoms in total. The summed E-state index contributed by atoms with van der Waals surface area (Å²) in [5, 5.41) is 10.6. The largest absolute Gasteiger partial charge is 0.472 e. The van der Waals surface area contributed by atoms with Gasteiger partial charge in [-0.25, -0.2) is 9.13 Å². The van der Waals surface area contributed by atoms with E-state index < -0.39 is 97.5 Å². The Morgan fingerprint density at radius 1 is 0.286 bits per heavy atom. The minimum atomic E-state index is -4.96. The number of hydrogen-bond acceptors (Lipinski definition) is 15. The maximum atomic E-state index is 13.1. The molecular weight excluding hydrogens is 1280 g/mol. The molecule has 0 aromatic rings. The molecule has 0 bridgehead atoms. The van der Waals surface area contributed by atoms with Gasteiger partial charge in [-0.2, -0.15) is 0 Å². The van der Waals surface area contributed by atoms with Gasteiger partial charge in [-0.1, -0.05) is 351 Å². The molecule has 0 saturated carbocycles. The van der Waals surface area contributed by atoms with Gasteiger partial charge in [0.1, 0.15) is 19.3 Å². The molecule has 19 heteroatoms. The zero-order valence-corrected chi connectivity index (χ0v) is 66.2. The summed E-state index contributed by atoms with van der Waals surface area (Å²) < 4.78 is 68.7. The first-order valence-electron chi connectivity index (χ1n) is 40.8. The number of ether oxygens (including phenoxy) is 4. The summed E-state index contributed by atoms with van der Waals surface area (Å²) in [5.74, 6) is 1.05. The van der Waals surface area contributed by atoms with E-state index in [2.05, 4.69) is 55.4 Å². The van der Waals surface area contributed by atoms with Gasteiger partial charge in [-0.3, -0.25) is 37.3 Å². The van der Waals surface area contributed by atoms with Crippen molar-refractivity contribution in [2.75, 3.05) is 39.6 Å². The number of aliphatic hydroxyl groups is 1. The first kappa shape index (κ1) is 96.1. The van der Waals surface area contributed by atoms with Gasteiger partial charge in [0.25, 0.3) is 0 Å². The van der Waals surface area contributed by atoms with Crippen LogP contribution in [0, 0.1) is 23.7 Å². The highest BCUT2D eigenvalue weighted by atomic mass is 31.2. The van der Waals surface area contributed by atoms with Crippen molar-refractivity contribution in [3.63, 3.8) is 0 Å². The van der Waals surface area contributed by atoms with Gasteiger partial charge in [0.15, 0.2) is 12.2 Å². The summed E-state index contributed by atoms with van der Waals surface area (Å²) in [6.45, 7) is 14.3. The smallest absolute Gasteiger partial charge is 0.462 e. The van der Waals surface area contributed by atoms with Gasteiger partial charge in [-0.05, 0) is 49.4 Å². The third-order valence-corrected chi connectivity index (χ3v) is 20.9. The fourth-order valence-electron chi connectivity index (χ4n) is 12.0. The average molecular weight is 1440 g/mol. The third-order valence-electron chi connectivity index (χ3n) is 19.0. The Labute approximate surface area is 600 Å². The Bertz CT molecular complexity index is 1920. The number of unbranched alkanes of at least 4 members (excludes halogenated alkanes) is 40. The van der Waals surface area contributed by atoms with E-state index in [0.29, 0.717) is 25.7 Å². The molecule has 0 saturated heterocycles. The van der Waals surface area contributed by atoms with Crippen LogP contribution >= 0.6 is 15.6 Å². The van der Waals surface area contributed by atoms with Gasteiger partial charge in [0.05, 0.1) is 26.4 Å². The van der Waals surface area contributed by atoms with E-state index in [9.17, 15) is 43.2 Å². The summed E-state index contributed by atoms with van der Waals surface area (Å²) in [5.41, 5.74) is 0. The van der Waals surface area contributed by atoms with Crippen molar-refractivity contribution >= 4 is 39.5 Å². The molecule has 0 amide bonds. The Morgan fingerprint density at radius 3 is 0.724 bits per heavy atom. The summed E-state index contributed by atoms with van der Waals surface area (Å²) in [7, 11) is -9.92. The second kappa shape index (κ2) is 68.2. The molecule has 0 aliphatic heterocycles. The van der Waals surface area contributed by atoms with Gasteiger partial charge in [0, 0.05) is 25.7 Å². The minimum absolute atomic E-state index is 0.106. The number of phosphoric ester groups is 2. The van der Waals surface area contributed by atoms with E-state index in [1.54, 1.807) is 0 Å². The summed E-state index contributed by atoms with van der Waals surface area (Å²) in [4.78, 5) is 73.0. The van der Waals surface area contributed by atoms with Gasteiger partial charge >= 0.3 is 39.5 Å².